The second-order valence-corrected chi connectivity index (χ2v) is 25.3. The summed E-state index contributed by atoms with van der Waals surface area (Å²) >= 11 is 0. The van der Waals surface area contributed by atoms with Gasteiger partial charge in [-0.2, -0.15) is 4.98 Å². The van der Waals surface area contributed by atoms with Gasteiger partial charge in [-0.15, -0.1) is 0 Å². The van der Waals surface area contributed by atoms with Crippen LogP contribution in [0.25, 0.3) is 33.4 Å². The molecule has 2 aliphatic rings. The Morgan fingerprint density at radius 2 is 1.19 bits per heavy atom. The molecule has 0 bridgehead atoms. The van der Waals surface area contributed by atoms with Gasteiger partial charge in [-0.05, 0) is 112 Å². The minimum absolute atomic E-state index is 0.0237. The van der Waals surface area contributed by atoms with Crippen molar-refractivity contribution in [3.63, 3.8) is 0 Å². The number of hydrogen-bond acceptors (Lipinski definition) is 20. The third kappa shape index (κ3) is 17.1. The van der Waals surface area contributed by atoms with Crippen molar-refractivity contribution >= 4 is 80.9 Å². The number of benzene rings is 5. The lowest BCUT2D eigenvalue weighted by Gasteiger charge is -2.37. The minimum atomic E-state index is -1.41. The molecule has 33 heteroatoms. The second kappa shape index (κ2) is 33.6. The summed E-state index contributed by atoms with van der Waals surface area (Å²) < 4.78 is 49.9. The first-order valence-corrected chi connectivity index (χ1v) is 35.1. The molecule has 2 fully saturated rings. The summed E-state index contributed by atoms with van der Waals surface area (Å²) in [6.45, 7) is 8.75. The van der Waals surface area contributed by atoms with Crippen molar-refractivity contribution in [2.45, 2.75) is 39.9 Å². The van der Waals surface area contributed by atoms with E-state index in [1.165, 1.54) is 70.4 Å². The Kier molecular flexibility index (Phi) is 22.7. The molecule has 0 radical (unpaired) electrons. The third-order valence-electron chi connectivity index (χ3n) is 18.1. The van der Waals surface area contributed by atoms with E-state index in [0.29, 0.717) is 92.4 Å². The van der Waals surface area contributed by atoms with E-state index in [1.54, 1.807) is 141 Å². The van der Waals surface area contributed by atoms with E-state index in [0.717, 1.165) is 11.6 Å². The number of nitrogens with zero attached hydrogens (tertiary/aromatic N) is 13. The van der Waals surface area contributed by atoms with E-state index >= 15 is 4.39 Å². The number of nitrogens with one attached hydrogen (secondary N) is 6. The highest BCUT2D eigenvalue weighted by molar-refractivity contribution is 6.10. The Hall–Kier alpha value is -15.0. The highest BCUT2D eigenvalue weighted by Gasteiger charge is 2.41. The van der Waals surface area contributed by atoms with E-state index < -0.39 is 58.8 Å². The van der Waals surface area contributed by atoms with Crippen molar-refractivity contribution in [3.8, 4) is 51.8 Å². The fourth-order valence-corrected chi connectivity index (χ4v) is 11.9. The van der Waals surface area contributed by atoms with Gasteiger partial charge in [0.1, 0.15) is 57.4 Å². The SMILES string of the molecule is C/C=C(\C)N1CC(c2ccccc2)OC(C(=O)Nc2ccc(Oc3ccnc4cc(OC)ccc34)c(F)c2)C1=O.CNC(=O)Nc1nccc(Oc2ccc(NC(=O)c3c(C)n(C)n(-c4ccccc4)c3=O)nc2)n1.Cc1c(C(=O)Nc2ccc(Oc3ccnc4nc(C(=O)N5CC5)[nH]c34)cn2)c(=O)n(-c2ccccc2)n1C. The zero-order valence-corrected chi connectivity index (χ0v) is 61.9. The summed E-state index contributed by atoms with van der Waals surface area (Å²) in [5.74, 6) is -0.0495. The van der Waals surface area contributed by atoms with Crippen molar-refractivity contribution in [1.82, 2.24) is 73.7 Å². The molecule has 0 spiro atoms. The van der Waals surface area contributed by atoms with E-state index in [9.17, 15) is 38.4 Å². The Balaban J connectivity index is 0.000000149. The van der Waals surface area contributed by atoms with Gasteiger partial charge in [-0.3, -0.25) is 53.2 Å². The van der Waals surface area contributed by atoms with E-state index in [4.69, 9.17) is 23.7 Å². The van der Waals surface area contributed by atoms with Crippen LogP contribution in [0.3, 0.4) is 0 Å². The smallest absolute Gasteiger partial charge is 0.321 e. The number of halogens is 1. The molecule has 0 aliphatic carbocycles. The van der Waals surface area contributed by atoms with Gasteiger partial charge in [-0.1, -0.05) is 72.8 Å². The lowest BCUT2D eigenvalue weighted by molar-refractivity contribution is -0.164. The fourth-order valence-electron chi connectivity index (χ4n) is 11.9. The summed E-state index contributed by atoms with van der Waals surface area (Å²) in [6, 6.07) is 47.6. The lowest BCUT2D eigenvalue weighted by atomic mass is 10.0. The molecule has 15 rings (SSSR count). The number of rotatable bonds is 19. The highest BCUT2D eigenvalue weighted by atomic mass is 19.1. The third-order valence-corrected chi connectivity index (χ3v) is 18.1. The number of carbonyl (C=O) groups excluding carboxylic acids is 6. The number of urea groups is 1. The number of para-hydroxylation sites is 2. The van der Waals surface area contributed by atoms with Gasteiger partial charge in [-0.25, -0.2) is 43.5 Å². The van der Waals surface area contributed by atoms with E-state index in [2.05, 4.69) is 66.5 Å². The highest BCUT2D eigenvalue weighted by Crippen LogP contribution is 2.35. The molecule has 5 aromatic carbocycles. The van der Waals surface area contributed by atoms with Gasteiger partial charge in [0.15, 0.2) is 28.8 Å². The molecule has 7 amide bonds. The van der Waals surface area contributed by atoms with Crippen LogP contribution in [-0.2, 0) is 28.4 Å². The monoisotopic (exact) mass is 1530 g/mol. The molecule has 2 atom stereocenters. The van der Waals surface area contributed by atoms with Crippen LogP contribution in [0.4, 0.5) is 32.5 Å². The van der Waals surface area contributed by atoms with Crippen LogP contribution in [-0.4, -0.2) is 144 Å². The van der Waals surface area contributed by atoms with Gasteiger partial charge >= 0.3 is 6.03 Å². The summed E-state index contributed by atoms with van der Waals surface area (Å²) in [5.41, 5.74) is 4.75. The Bertz CT molecular complexity index is 5910. The minimum Gasteiger partial charge on any atom is -0.497 e. The van der Waals surface area contributed by atoms with Crippen molar-refractivity contribution in [2.75, 3.05) is 55.1 Å². The number of morpholine rings is 1. The molecule has 32 nitrogen and oxygen atoms in total. The second-order valence-electron chi connectivity index (χ2n) is 25.3. The first-order valence-electron chi connectivity index (χ1n) is 35.1. The Morgan fingerprint density at radius 3 is 1.77 bits per heavy atom. The molecule has 13 aromatic rings. The average molecular weight is 1530 g/mol. The van der Waals surface area contributed by atoms with E-state index in [1.807, 2.05) is 73.7 Å². The summed E-state index contributed by atoms with van der Waals surface area (Å²) in [7, 11) is 6.48. The number of allylic oxidation sites excluding steroid dienone is 2. The van der Waals surface area contributed by atoms with Crippen LogP contribution >= 0.6 is 0 Å². The Morgan fingerprint density at radius 1 is 0.611 bits per heavy atom. The quantitative estimate of drug-likeness (QED) is 0.0323. The number of imidazole rings is 1. The number of methoxy groups -OCH3 is 1. The number of hydrogen-bond donors (Lipinski definition) is 6. The Labute approximate surface area is 642 Å². The maximum Gasteiger partial charge on any atom is 0.321 e. The standard InChI is InChI=1S/C31H28FN3O5.C26H22N8O4.C23H22N8O4/c1-4-19(2)35-18-28(20-8-6-5-7-9-20)40-29(31(35)37)30(36)34-21-10-13-27(24(32)16-21)39-26-14-15-33-25-17-22(38-3)11-12-23(25)26;1-15-20(25(36)34(32(15)2)16-6-4-3-5-7-16)24(35)29-19-9-8-17(14-28-19)38-18-10-11-27-22-21(18)30-23(31-22)26(37)33-12-13-33;1-14-19(21(33)31(30(14)3)15-7-5-4-6-8-15)20(32)27-17-10-9-16(13-26-17)35-18-11-12-25-22(28-18)29-23(34)24-2/h4-17,28-29H,18H2,1-3H3,(H,34,36);3-11,14H,12-13H2,1-2H3,(H,27,30,31)(H,28,29,35);4-13H,1-3H3,(H,26,27,32)(H2,24,25,28,29,34)/b19-4+;;. The van der Waals surface area contributed by atoms with E-state index in [-0.39, 0.29) is 64.3 Å². The molecule has 10 heterocycles. The number of H-pyrrole nitrogens is 1. The van der Waals surface area contributed by atoms with Crippen LogP contribution in [0.15, 0.2) is 222 Å². The van der Waals surface area contributed by atoms with Gasteiger partial charge in [0.25, 0.3) is 40.7 Å². The van der Waals surface area contributed by atoms with Gasteiger partial charge < -0.3 is 59.7 Å². The predicted octanol–water partition coefficient (Wildman–Crippen LogP) is 11.1. The number of carbonyl (C=O) groups is 6. The molecule has 0 saturated carbocycles. The first kappa shape index (κ1) is 76.2. The van der Waals surface area contributed by atoms with Gasteiger partial charge in [0.2, 0.25) is 17.9 Å². The molecule has 6 N–H and O–H groups in total. The number of anilines is 4. The maximum absolute atomic E-state index is 15.1. The molecule has 2 unspecified atom stereocenters. The van der Waals surface area contributed by atoms with Crippen molar-refractivity contribution < 1.29 is 56.8 Å². The van der Waals surface area contributed by atoms with Crippen LogP contribution in [0, 0.1) is 19.7 Å². The number of amides is 7. The first-order chi connectivity index (χ1) is 54.6. The number of fused-ring (bicyclic) bond motifs is 2. The predicted molar refractivity (Wildman–Crippen MR) is 415 cm³/mol. The largest absolute Gasteiger partial charge is 0.497 e. The molecular weight excluding hydrogens is 1450 g/mol. The number of pyridine rings is 4. The molecule has 113 heavy (non-hydrogen) atoms. The molecule has 2 aliphatic heterocycles. The molecule has 2 saturated heterocycles. The van der Waals surface area contributed by atoms with Gasteiger partial charge in [0, 0.05) is 93.9 Å². The van der Waals surface area contributed by atoms with Crippen LogP contribution < -0.4 is 56.6 Å². The maximum atomic E-state index is 15.1. The summed E-state index contributed by atoms with van der Waals surface area (Å²) in [5, 5.41) is 13.5. The van der Waals surface area contributed by atoms with Crippen molar-refractivity contribution in [2.24, 2.45) is 14.1 Å². The summed E-state index contributed by atoms with van der Waals surface area (Å²) in [4.78, 5) is 138. The van der Waals surface area contributed by atoms with Crippen LogP contribution in [0.5, 0.6) is 40.4 Å². The number of ether oxygens (including phenoxy) is 5. The molecule has 572 valence electrons. The normalized spacial score (nSPS) is 13.7. The molecule has 8 aromatic heterocycles. The van der Waals surface area contributed by atoms with Gasteiger partial charge in [0.05, 0.1) is 54.3 Å². The zero-order valence-electron chi connectivity index (χ0n) is 61.9. The number of aromatic nitrogens is 12. The fraction of sp³-hybridized carbons (Fsp3) is 0.163. The van der Waals surface area contributed by atoms with Crippen molar-refractivity contribution in [3.05, 3.63) is 273 Å². The van der Waals surface area contributed by atoms with Crippen molar-refractivity contribution in [1.29, 1.82) is 0 Å². The molecular formula is C80H72FN19O13. The van der Waals surface area contributed by atoms with Crippen LogP contribution in [0.2, 0.25) is 0 Å². The lowest BCUT2D eigenvalue weighted by Crippen LogP contribution is -2.52. The average Bonchev–Trinajstić information content (AvgIpc) is 1.73. The van der Waals surface area contributed by atoms with Crippen LogP contribution in [0.1, 0.15) is 68.2 Å². The topological polar surface area (TPSA) is 375 Å². The zero-order chi connectivity index (χ0) is 79.6. The summed E-state index contributed by atoms with van der Waals surface area (Å²) in [6.07, 6.45) is 7.25. The number of aromatic amines is 1.